The van der Waals surface area contributed by atoms with Crippen LogP contribution in [0.3, 0.4) is 0 Å². The summed E-state index contributed by atoms with van der Waals surface area (Å²) < 4.78 is 0.904. The lowest BCUT2D eigenvalue weighted by atomic mass is 10.2. The summed E-state index contributed by atoms with van der Waals surface area (Å²) >= 11 is 4.94. The predicted molar refractivity (Wildman–Crippen MR) is 77.1 cm³/mol. The Morgan fingerprint density at radius 2 is 2.24 bits per heavy atom. The Labute approximate surface area is 113 Å². The van der Waals surface area contributed by atoms with Gasteiger partial charge < -0.3 is 5.32 Å². The minimum atomic E-state index is -0.0645. The quantitative estimate of drug-likeness (QED) is 0.675. The Kier molecular flexibility index (Phi) is 3.86. The first kappa shape index (κ1) is 12.2. The second kappa shape index (κ2) is 5.38. The van der Waals surface area contributed by atoms with E-state index in [0.29, 0.717) is 12.1 Å². The standard InChI is InChI=1S/C13H10BrNOS/c1-9-5-6-12(17-9)8-15-13(16)10-3-2-4-11(14)7-10/h2-7H,1,8H2/p+1. The van der Waals surface area contributed by atoms with E-state index in [0.717, 1.165) is 14.2 Å². The molecule has 2 rings (SSSR count). The van der Waals surface area contributed by atoms with Crippen molar-refractivity contribution >= 4 is 38.1 Å². The minimum absolute atomic E-state index is 0.0645. The number of nitrogens with one attached hydrogen (secondary N) is 1. The molecule has 0 saturated carbocycles. The van der Waals surface area contributed by atoms with E-state index in [4.69, 9.17) is 0 Å². The summed E-state index contributed by atoms with van der Waals surface area (Å²) in [7, 11) is 0. The first-order valence-corrected chi connectivity index (χ1v) is 6.70. The lowest BCUT2D eigenvalue weighted by molar-refractivity contribution is 0.0959. The normalized spacial score (nSPS) is 13.7. The topological polar surface area (TPSA) is 29.1 Å². The third-order valence-corrected chi connectivity index (χ3v) is 3.66. The van der Waals surface area contributed by atoms with Gasteiger partial charge in [0, 0.05) is 22.2 Å². The highest BCUT2D eigenvalue weighted by Gasteiger charge is 2.17. The van der Waals surface area contributed by atoms with Crippen molar-refractivity contribution in [2.45, 2.75) is 0 Å². The highest BCUT2D eigenvalue weighted by molar-refractivity contribution is 9.10. The largest absolute Gasteiger partial charge is 0.343 e. The molecular formula is C13H11BrNOS+. The molecule has 1 N–H and O–H groups in total. The third-order valence-electron chi connectivity index (χ3n) is 2.23. The zero-order chi connectivity index (χ0) is 12.3. The van der Waals surface area contributed by atoms with E-state index in [9.17, 15) is 4.79 Å². The molecule has 0 fully saturated rings. The summed E-state index contributed by atoms with van der Waals surface area (Å²) in [5, 5.41) is 2.88. The number of carbonyl (C=O) groups excluding carboxylic acids is 1. The Balaban J connectivity index is 1.96. The van der Waals surface area contributed by atoms with E-state index in [1.807, 2.05) is 24.3 Å². The molecule has 0 aliphatic carbocycles. The van der Waals surface area contributed by atoms with E-state index in [1.54, 1.807) is 23.5 Å². The summed E-state index contributed by atoms with van der Waals surface area (Å²) in [6.45, 7) is 4.38. The van der Waals surface area contributed by atoms with E-state index in [1.165, 1.54) is 0 Å². The van der Waals surface area contributed by atoms with Crippen molar-refractivity contribution in [2.75, 3.05) is 6.54 Å². The van der Waals surface area contributed by atoms with Gasteiger partial charge in [-0.05, 0) is 24.8 Å². The van der Waals surface area contributed by atoms with Gasteiger partial charge in [-0.1, -0.05) is 22.0 Å². The average molecular weight is 309 g/mol. The second-order valence-electron chi connectivity index (χ2n) is 3.56. The van der Waals surface area contributed by atoms with Gasteiger partial charge in [-0.2, -0.15) is 0 Å². The lowest BCUT2D eigenvalue weighted by Gasteiger charge is -2.02. The van der Waals surface area contributed by atoms with Crippen LogP contribution in [0.4, 0.5) is 0 Å². The van der Waals surface area contributed by atoms with E-state index in [2.05, 4.69) is 27.8 Å². The smallest absolute Gasteiger partial charge is 0.251 e. The van der Waals surface area contributed by atoms with E-state index < -0.39 is 0 Å². The first-order valence-electron chi connectivity index (χ1n) is 5.09. The molecule has 1 aliphatic heterocycles. The minimum Gasteiger partial charge on any atom is -0.343 e. The number of amides is 1. The molecule has 17 heavy (non-hydrogen) atoms. The molecule has 86 valence electrons. The van der Waals surface area contributed by atoms with Crippen molar-refractivity contribution in [1.82, 2.24) is 5.32 Å². The third kappa shape index (κ3) is 3.35. The molecular weight excluding hydrogens is 298 g/mol. The summed E-state index contributed by atoms with van der Waals surface area (Å²) in [4.78, 5) is 14.0. The average Bonchev–Trinajstić information content (AvgIpc) is 2.72. The number of allylic oxidation sites excluding steroid dienone is 1. The van der Waals surface area contributed by atoms with Gasteiger partial charge in [-0.3, -0.25) is 4.79 Å². The molecule has 4 heteroatoms. The van der Waals surface area contributed by atoms with Gasteiger partial charge >= 0.3 is 0 Å². The number of halogens is 1. The number of carbonyl (C=O) groups is 1. The SMILES string of the molecule is C=C1C=CC(CNC(=O)c2cccc(Br)c2)=[S+]1. The number of hydrogen-bond acceptors (Lipinski definition) is 1. The van der Waals surface area contributed by atoms with Crippen molar-refractivity contribution < 1.29 is 4.79 Å². The van der Waals surface area contributed by atoms with Crippen molar-refractivity contribution in [3.8, 4) is 0 Å². The van der Waals surface area contributed by atoms with Crippen LogP contribution >= 0.6 is 15.9 Å². The van der Waals surface area contributed by atoms with Crippen LogP contribution in [0.2, 0.25) is 0 Å². The van der Waals surface area contributed by atoms with Crippen LogP contribution in [0.1, 0.15) is 10.4 Å². The van der Waals surface area contributed by atoms with Gasteiger partial charge in [0.1, 0.15) is 0 Å². The van der Waals surface area contributed by atoms with Crippen LogP contribution in [-0.4, -0.2) is 17.3 Å². The maximum Gasteiger partial charge on any atom is 0.251 e. The zero-order valence-corrected chi connectivity index (χ0v) is 11.5. The molecule has 1 aromatic rings. The van der Waals surface area contributed by atoms with Crippen LogP contribution in [0.25, 0.3) is 0 Å². The number of rotatable bonds is 3. The molecule has 0 saturated heterocycles. The van der Waals surface area contributed by atoms with Gasteiger partial charge in [0.15, 0.2) is 0 Å². The second-order valence-corrected chi connectivity index (χ2v) is 5.73. The number of benzene rings is 1. The van der Waals surface area contributed by atoms with Crippen LogP contribution in [-0.2, 0) is 11.4 Å². The fourth-order valence-corrected chi connectivity index (χ4v) is 2.57. The zero-order valence-electron chi connectivity index (χ0n) is 9.07. The van der Waals surface area contributed by atoms with Gasteiger partial charge in [0.05, 0.1) is 6.54 Å². The van der Waals surface area contributed by atoms with Crippen molar-refractivity contribution in [3.63, 3.8) is 0 Å². The molecule has 1 amide bonds. The monoisotopic (exact) mass is 308 g/mol. The molecule has 1 aliphatic rings. The molecule has 0 aromatic heterocycles. The van der Waals surface area contributed by atoms with Gasteiger partial charge in [0.25, 0.3) is 5.91 Å². The van der Waals surface area contributed by atoms with Crippen LogP contribution in [0, 0.1) is 0 Å². The highest BCUT2D eigenvalue weighted by atomic mass is 79.9. The fourth-order valence-electron chi connectivity index (χ4n) is 1.42. The van der Waals surface area contributed by atoms with E-state index >= 15 is 0 Å². The first-order chi connectivity index (χ1) is 8.15. The van der Waals surface area contributed by atoms with Crippen molar-refractivity contribution in [3.05, 3.63) is 57.9 Å². The molecule has 0 radical (unpaired) electrons. The van der Waals surface area contributed by atoms with Crippen molar-refractivity contribution in [2.24, 2.45) is 0 Å². The van der Waals surface area contributed by atoms with Crippen LogP contribution in [0.5, 0.6) is 0 Å². The summed E-state index contributed by atoms with van der Waals surface area (Å²) in [5.41, 5.74) is 0.658. The predicted octanol–water partition coefficient (Wildman–Crippen LogP) is 2.52. The maximum absolute atomic E-state index is 11.8. The molecule has 0 atom stereocenters. The van der Waals surface area contributed by atoms with Crippen LogP contribution in [0.15, 0.2) is 52.4 Å². The molecule has 0 spiro atoms. The molecule has 0 bridgehead atoms. The summed E-state index contributed by atoms with van der Waals surface area (Å²) in [5.74, 6) is -0.0645. The molecule has 0 unspecified atom stereocenters. The Bertz CT molecular complexity index is 534. The van der Waals surface area contributed by atoms with E-state index in [-0.39, 0.29) is 5.91 Å². The van der Waals surface area contributed by atoms with Crippen LogP contribution < -0.4 is 5.32 Å². The van der Waals surface area contributed by atoms with Crippen molar-refractivity contribution in [1.29, 1.82) is 0 Å². The highest BCUT2D eigenvalue weighted by Crippen LogP contribution is 2.11. The van der Waals surface area contributed by atoms with Gasteiger partial charge in [-0.25, -0.2) is 0 Å². The molecule has 1 heterocycles. The van der Waals surface area contributed by atoms with Gasteiger partial charge in [0.2, 0.25) is 21.1 Å². The lowest BCUT2D eigenvalue weighted by Crippen LogP contribution is -2.28. The number of hydrogen-bond donors (Lipinski definition) is 1. The summed E-state index contributed by atoms with van der Waals surface area (Å²) in [6.07, 6.45) is 3.93. The Morgan fingerprint density at radius 1 is 1.41 bits per heavy atom. The molecule has 1 aromatic carbocycles. The molecule has 2 nitrogen and oxygen atoms in total. The Morgan fingerprint density at radius 3 is 2.88 bits per heavy atom. The Hall–Kier alpha value is -1.26. The maximum atomic E-state index is 11.8. The van der Waals surface area contributed by atoms with Gasteiger partial charge in [-0.15, -0.1) is 0 Å². The summed E-state index contributed by atoms with van der Waals surface area (Å²) in [6, 6.07) is 7.33. The fraction of sp³-hybridized carbons (Fsp3) is 0.0769.